The minimum absolute atomic E-state index is 0.119. The second-order valence-electron chi connectivity index (χ2n) is 5.76. The molecule has 0 bridgehead atoms. The van der Waals surface area contributed by atoms with Crippen LogP contribution in [0.15, 0.2) is 42.5 Å². The van der Waals surface area contributed by atoms with Crippen molar-refractivity contribution < 1.29 is 14.5 Å². The number of amides is 2. The Morgan fingerprint density at radius 2 is 1.76 bits per heavy atom. The monoisotopic (exact) mass is 380 g/mol. The summed E-state index contributed by atoms with van der Waals surface area (Å²) in [4.78, 5) is 24.7. The van der Waals surface area contributed by atoms with E-state index in [1.165, 1.54) is 0 Å². The van der Waals surface area contributed by atoms with Gasteiger partial charge in [0, 0.05) is 23.2 Å². The second-order valence-corrected chi connectivity index (χ2v) is 6.60. The SMILES string of the molecule is CNC(=O)c1ccc(C[NH+](C)CC(=O)Nc2ccc(Cl)cc2Cl)cc1. The largest absolute Gasteiger partial charge is 0.355 e. The number of hydrogen-bond donors (Lipinski definition) is 3. The molecule has 3 N–H and O–H groups in total. The van der Waals surface area contributed by atoms with Crippen LogP contribution >= 0.6 is 23.2 Å². The molecule has 0 spiro atoms. The lowest BCUT2D eigenvalue weighted by molar-refractivity contribution is -0.885. The van der Waals surface area contributed by atoms with Gasteiger partial charge >= 0.3 is 0 Å². The third-order valence-corrected chi connectivity index (χ3v) is 4.16. The lowest BCUT2D eigenvalue weighted by Gasteiger charge is -2.14. The lowest BCUT2D eigenvalue weighted by Crippen LogP contribution is -3.08. The van der Waals surface area contributed by atoms with Gasteiger partial charge in [0.15, 0.2) is 6.54 Å². The van der Waals surface area contributed by atoms with Gasteiger partial charge in [0.2, 0.25) is 0 Å². The Morgan fingerprint density at radius 1 is 1.08 bits per heavy atom. The molecule has 2 amide bonds. The van der Waals surface area contributed by atoms with Crippen molar-refractivity contribution in [2.45, 2.75) is 6.54 Å². The summed E-state index contributed by atoms with van der Waals surface area (Å²) in [5.41, 5.74) is 2.19. The molecule has 1 atom stereocenters. The first-order chi connectivity index (χ1) is 11.9. The zero-order valence-electron chi connectivity index (χ0n) is 14.0. The normalized spacial score (nSPS) is 11.7. The van der Waals surface area contributed by atoms with Crippen LogP contribution in [0.4, 0.5) is 5.69 Å². The molecule has 132 valence electrons. The van der Waals surface area contributed by atoms with Gasteiger partial charge in [-0.25, -0.2) is 0 Å². The van der Waals surface area contributed by atoms with Gasteiger partial charge in [0.25, 0.3) is 11.8 Å². The number of rotatable bonds is 6. The number of hydrogen-bond acceptors (Lipinski definition) is 2. The predicted octanol–water partition coefficient (Wildman–Crippen LogP) is 2.01. The molecule has 25 heavy (non-hydrogen) atoms. The van der Waals surface area contributed by atoms with Crippen LogP contribution in [0.5, 0.6) is 0 Å². The molecule has 2 aromatic carbocycles. The smallest absolute Gasteiger partial charge is 0.279 e. The van der Waals surface area contributed by atoms with Gasteiger partial charge in [-0.3, -0.25) is 9.59 Å². The summed E-state index contributed by atoms with van der Waals surface area (Å²) < 4.78 is 0. The van der Waals surface area contributed by atoms with Crippen molar-refractivity contribution in [3.05, 3.63) is 63.6 Å². The first-order valence-corrected chi connectivity index (χ1v) is 8.52. The molecule has 0 fully saturated rings. The van der Waals surface area contributed by atoms with Crippen LogP contribution in [0.3, 0.4) is 0 Å². The van der Waals surface area contributed by atoms with Crippen molar-refractivity contribution in [3.63, 3.8) is 0 Å². The summed E-state index contributed by atoms with van der Waals surface area (Å²) in [6, 6.07) is 12.3. The molecule has 0 aliphatic rings. The van der Waals surface area contributed by atoms with E-state index in [4.69, 9.17) is 23.2 Å². The molecule has 0 saturated heterocycles. The number of halogens is 2. The van der Waals surface area contributed by atoms with Crippen molar-refractivity contribution in [2.24, 2.45) is 0 Å². The van der Waals surface area contributed by atoms with Gasteiger partial charge in [-0.05, 0) is 30.3 Å². The van der Waals surface area contributed by atoms with Crippen molar-refractivity contribution in [2.75, 3.05) is 26.0 Å². The van der Waals surface area contributed by atoms with Crippen molar-refractivity contribution in [1.82, 2.24) is 5.32 Å². The van der Waals surface area contributed by atoms with E-state index in [9.17, 15) is 9.59 Å². The highest BCUT2D eigenvalue weighted by Crippen LogP contribution is 2.25. The van der Waals surface area contributed by atoms with Gasteiger partial charge in [0.1, 0.15) is 6.54 Å². The average molecular weight is 381 g/mol. The fourth-order valence-corrected chi connectivity index (χ4v) is 2.84. The minimum Gasteiger partial charge on any atom is -0.355 e. The van der Waals surface area contributed by atoms with Crippen LogP contribution in [-0.2, 0) is 11.3 Å². The zero-order chi connectivity index (χ0) is 18.4. The van der Waals surface area contributed by atoms with E-state index >= 15 is 0 Å². The maximum Gasteiger partial charge on any atom is 0.279 e. The van der Waals surface area contributed by atoms with Crippen molar-refractivity contribution >= 4 is 40.7 Å². The number of likely N-dealkylation sites (N-methyl/N-ethyl adjacent to an activating group) is 1. The molecule has 0 radical (unpaired) electrons. The van der Waals surface area contributed by atoms with E-state index in [1.54, 1.807) is 37.4 Å². The first kappa shape index (κ1) is 19.2. The molecule has 0 aromatic heterocycles. The summed E-state index contributed by atoms with van der Waals surface area (Å²) in [5.74, 6) is -0.254. The highest BCUT2D eigenvalue weighted by molar-refractivity contribution is 6.36. The summed E-state index contributed by atoms with van der Waals surface area (Å²) in [6.07, 6.45) is 0. The molecule has 1 unspecified atom stereocenters. The van der Waals surface area contributed by atoms with Crippen LogP contribution < -0.4 is 15.5 Å². The Hall–Kier alpha value is -2.08. The summed E-state index contributed by atoms with van der Waals surface area (Å²) in [7, 11) is 3.52. The Labute approximate surface area is 156 Å². The molecule has 0 heterocycles. The van der Waals surface area contributed by atoms with Crippen LogP contribution in [0, 0.1) is 0 Å². The highest BCUT2D eigenvalue weighted by atomic mass is 35.5. The molecular weight excluding hydrogens is 361 g/mol. The summed E-state index contributed by atoms with van der Waals surface area (Å²) >= 11 is 11.9. The minimum atomic E-state index is -0.135. The van der Waals surface area contributed by atoms with E-state index in [0.29, 0.717) is 27.8 Å². The van der Waals surface area contributed by atoms with Crippen LogP contribution in [0.25, 0.3) is 0 Å². The average Bonchev–Trinajstić information content (AvgIpc) is 2.57. The molecular formula is C18H20Cl2N3O2+. The second kappa shape index (κ2) is 8.85. The molecule has 5 nitrogen and oxygen atoms in total. The highest BCUT2D eigenvalue weighted by Gasteiger charge is 2.13. The number of carbonyl (C=O) groups is 2. The summed E-state index contributed by atoms with van der Waals surface area (Å²) in [6.45, 7) is 0.950. The third kappa shape index (κ3) is 5.74. The van der Waals surface area contributed by atoms with Gasteiger partial charge in [-0.15, -0.1) is 0 Å². The van der Waals surface area contributed by atoms with E-state index in [-0.39, 0.29) is 18.4 Å². The fraction of sp³-hybridized carbons (Fsp3) is 0.222. The van der Waals surface area contributed by atoms with Gasteiger partial charge in [0.05, 0.1) is 17.8 Å². The van der Waals surface area contributed by atoms with Crippen molar-refractivity contribution in [3.8, 4) is 0 Å². The number of nitrogens with one attached hydrogen (secondary N) is 3. The number of carbonyl (C=O) groups excluding carboxylic acids is 2. The Kier molecular flexibility index (Phi) is 6.82. The van der Waals surface area contributed by atoms with Gasteiger partial charge in [-0.2, -0.15) is 0 Å². The Morgan fingerprint density at radius 3 is 2.36 bits per heavy atom. The fourth-order valence-electron chi connectivity index (χ4n) is 2.39. The first-order valence-electron chi connectivity index (χ1n) is 7.76. The molecule has 0 aliphatic carbocycles. The Bertz CT molecular complexity index is 763. The van der Waals surface area contributed by atoms with E-state index in [2.05, 4.69) is 10.6 Å². The molecule has 0 saturated carbocycles. The maximum absolute atomic E-state index is 12.2. The summed E-state index contributed by atoms with van der Waals surface area (Å²) in [5, 5.41) is 6.29. The molecule has 7 heteroatoms. The number of benzene rings is 2. The number of quaternary nitrogens is 1. The molecule has 0 aliphatic heterocycles. The van der Waals surface area contributed by atoms with E-state index < -0.39 is 0 Å². The van der Waals surface area contributed by atoms with Crippen molar-refractivity contribution in [1.29, 1.82) is 0 Å². The zero-order valence-corrected chi connectivity index (χ0v) is 15.5. The lowest BCUT2D eigenvalue weighted by atomic mass is 10.1. The van der Waals surface area contributed by atoms with Gasteiger partial charge in [-0.1, -0.05) is 35.3 Å². The van der Waals surface area contributed by atoms with Crippen LogP contribution in [0.1, 0.15) is 15.9 Å². The Balaban J connectivity index is 1.89. The van der Waals surface area contributed by atoms with E-state index in [0.717, 1.165) is 10.5 Å². The predicted molar refractivity (Wildman–Crippen MR) is 100 cm³/mol. The standard InChI is InChI=1S/C18H19Cl2N3O2/c1-21-18(25)13-5-3-12(4-6-13)10-23(2)11-17(24)22-16-8-7-14(19)9-15(16)20/h3-9H,10-11H2,1-2H3,(H,21,25)(H,22,24)/p+1. The molecule has 2 aromatic rings. The quantitative estimate of drug-likeness (QED) is 0.717. The third-order valence-electron chi connectivity index (χ3n) is 3.62. The number of anilines is 1. The van der Waals surface area contributed by atoms with Gasteiger partial charge < -0.3 is 15.5 Å². The van der Waals surface area contributed by atoms with E-state index in [1.807, 2.05) is 19.2 Å². The topological polar surface area (TPSA) is 62.6 Å². The maximum atomic E-state index is 12.2. The van der Waals surface area contributed by atoms with Crippen LogP contribution in [0.2, 0.25) is 10.0 Å². The van der Waals surface area contributed by atoms with Crippen LogP contribution in [-0.4, -0.2) is 32.5 Å². The molecule has 2 rings (SSSR count).